The molecule has 0 radical (unpaired) electrons. The molecule has 0 unspecified atom stereocenters. The molecule has 0 aliphatic carbocycles. The fourth-order valence-corrected chi connectivity index (χ4v) is 1.18. The first-order valence-electron chi connectivity index (χ1n) is 4.00. The molecule has 0 aliphatic rings. The molecule has 6 nitrogen and oxygen atoms in total. The smallest absolute Gasteiger partial charge is 0.240 e. The van der Waals surface area contributed by atoms with Crippen molar-refractivity contribution in [1.82, 2.24) is 0 Å². The fourth-order valence-electron chi connectivity index (χ4n) is 1.18. The SMILES string of the molecule is NC(N)c1c(N=C=O)cccc1N=C=O. The van der Waals surface area contributed by atoms with Crippen LogP contribution in [0.3, 0.4) is 0 Å². The van der Waals surface area contributed by atoms with Gasteiger partial charge < -0.3 is 11.5 Å². The van der Waals surface area contributed by atoms with E-state index in [1.165, 1.54) is 24.3 Å². The monoisotopic (exact) mass is 204 g/mol. The third kappa shape index (κ3) is 2.43. The molecule has 6 heteroatoms. The number of benzene rings is 1. The van der Waals surface area contributed by atoms with Gasteiger partial charge in [0, 0.05) is 5.56 Å². The number of nitrogens with two attached hydrogens (primary N) is 2. The van der Waals surface area contributed by atoms with Crippen LogP contribution in [0.1, 0.15) is 11.7 Å². The average molecular weight is 204 g/mol. The number of hydrogen-bond acceptors (Lipinski definition) is 6. The van der Waals surface area contributed by atoms with Gasteiger partial charge in [-0.25, -0.2) is 9.59 Å². The van der Waals surface area contributed by atoms with Crippen molar-refractivity contribution in [2.75, 3.05) is 0 Å². The summed E-state index contributed by atoms with van der Waals surface area (Å²) in [6.07, 6.45) is 1.86. The Labute approximate surface area is 85.3 Å². The predicted octanol–water partition coefficient (Wildman–Crippen LogP) is 0.537. The zero-order valence-electron chi connectivity index (χ0n) is 7.68. The van der Waals surface area contributed by atoms with Gasteiger partial charge in [0.05, 0.1) is 17.5 Å². The fraction of sp³-hybridized carbons (Fsp3) is 0.111. The minimum atomic E-state index is -0.884. The van der Waals surface area contributed by atoms with E-state index >= 15 is 0 Å². The topological polar surface area (TPSA) is 111 Å². The van der Waals surface area contributed by atoms with E-state index in [0.29, 0.717) is 5.56 Å². The molecule has 0 aliphatic heterocycles. The summed E-state index contributed by atoms with van der Waals surface area (Å²) in [5.41, 5.74) is 11.8. The Bertz CT molecular complexity index is 421. The molecule has 0 amide bonds. The zero-order valence-corrected chi connectivity index (χ0v) is 7.68. The summed E-state index contributed by atoms with van der Waals surface area (Å²) in [4.78, 5) is 27.1. The summed E-state index contributed by atoms with van der Waals surface area (Å²) >= 11 is 0. The Morgan fingerprint density at radius 2 is 1.53 bits per heavy atom. The highest BCUT2D eigenvalue weighted by atomic mass is 16.1. The van der Waals surface area contributed by atoms with Crippen molar-refractivity contribution in [2.24, 2.45) is 21.5 Å². The highest BCUT2D eigenvalue weighted by Gasteiger charge is 2.11. The van der Waals surface area contributed by atoms with Crippen molar-refractivity contribution in [3.05, 3.63) is 23.8 Å². The van der Waals surface area contributed by atoms with Gasteiger partial charge in [0.25, 0.3) is 0 Å². The zero-order chi connectivity index (χ0) is 11.3. The molecular weight excluding hydrogens is 196 g/mol. The largest absolute Gasteiger partial charge is 0.312 e. The third-order valence-electron chi connectivity index (χ3n) is 1.73. The maximum absolute atomic E-state index is 10.1. The number of isocyanates is 2. The lowest BCUT2D eigenvalue weighted by atomic mass is 10.1. The Hall–Kier alpha value is -2.10. The molecule has 0 saturated heterocycles. The normalized spacial score (nSPS) is 9.27. The van der Waals surface area contributed by atoms with E-state index in [2.05, 4.69) is 9.98 Å². The Morgan fingerprint density at radius 3 is 1.87 bits per heavy atom. The molecule has 0 bridgehead atoms. The van der Waals surface area contributed by atoms with Crippen LogP contribution in [0.15, 0.2) is 28.2 Å². The van der Waals surface area contributed by atoms with Crippen molar-refractivity contribution in [2.45, 2.75) is 6.17 Å². The Morgan fingerprint density at radius 1 is 1.07 bits per heavy atom. The van der Waals surface area contributed by atoms with Crippen LogP contribution in [0.25, 0.3) is 0 Å². The molecule has 0 fully saturated rings. The molecule has 0 heterocycles. The van der Waals surface area contributed by atoms with E-state index in [-0.39, 0.29) is 11.4 Å². The van der Waals surface area contributed by atoms with Gasteiger partial charge in [0.2, 0.25) is 12.2 Å². The van der Waals surface area contributed by atoms with Crippen molar-refractivity contribution in [3.8, 4) is 0 Å². The molecule has 1 aromatic rings. The number of rotatable bonds is 3. The van der Waals surface area contributed by atoms with E-state index < -0.39 is 6.17 Å². The predicted molar refractivity (Wildman–Crippen MR) is 53.1 cm³/mol. The maximum atomic E-state index is 10.1. The van der Waals surface area contributed by atoms with Crippen LogP contribution >= 0.6 is 0 Å². The average Bonchev–Trinajstić information content (AvgIpc) is 2.18. The highest BCUT2D eigenvalue weighted by molar-refractivity contribution is 5.66. The molecule has 0 aromatic heterocycles. The molecule has 0 spiro atoms. The van der Waals surface area contributed by atoms with Crippen molar-refractivity contribution < 1.29 is 9.59 Å². The van der Waals surface area contributed by atoms with E-state index in [1.54, 1.807) is 6.07 Å². The summed E-state index contributed by atoms with van der Waals surface area (Å²) in [5, 5.41) is 0. The third-order valence-corrected chi connectivity index (χ3v) is 1.73. The standard InChI is InChI=1S/C9H8N4O2/c10-9(11)8-6(12-4-14)2-1-3-7(8)13-5-15/h1-3,9H,10-11H2. The van der Waals surface area contributed by atoms with E-state index in [0.717, 1.165) is 0 Å². The second-order valence-electron chi connectivity index (χ2n) is 2.64. The lowest BCUT2D eigenvalue weighted by Gasteiger charge is -2.10. The van der Waals surface area contributed by atoms with Gasteiger partial charge in [0.1, 0.15) is 0 Å². The van der Waals surface area contributed by atoms with Crippen molar-refractivity contribution >= 4 is 23.5 Å². The first-order valence-corrected chi connectivity index (χ1v) is 4.00. The molecule has 76 valence electrons. The van der Waals surface area contributed by atoms with Crippen LogP contribution in [0, 0.1) is 0 Å². The molecule has 4 N–H and O–H groups in total. The summed E-state index contributed by atoms with van der Waals surface area (Å²) in [5.74, 6) is 0. The minimum Gasteiger partial charge on any atom is -0.312 e. The quantitative estimate of drug-likeness (QED) is 0.425. The van der Waals surface area contributed by atoms with Crippen molar-refractivity contribution in [3.63, 3.8) is 0 Å². The Kier molecular flexibility index (Phi) is 3.62. The molecular formula is C9H8N4O2. The second kappa shape index (κ2) is 4.95. The summed E-state index contributed by atoms with van der Waals surface area (Å²) in [7, 11) is 0. The molecule has 0 atom stereocenters. The van der Waals surface area contributed by atoms with Crippen LogP contribution in [0.2, 0.25) is 0 Å². The molecule has 1 rings (SSSR count). The number of hydrogen-bond donors (Lipinski definition) is 2. The van der Waals surface area contributed by atoms with Crippen LogP contribution in [0.4, 0.5) is 11.4 Å². The van der Waals surface area contributed by atoms with Gasteiger partial charge in [0.15, 0.2) is 0 Å². The highest BCUT2D eigenvalue weighted by Crippen LogP contribution is 2.31. The van der Waals surface area contributed by atoms with Crippen molar-refractivity contribution in [1.29, 1.82) is 0 Å². The molecule has 0 saturated carbocycles. The van der Waals surface area contributed by atoms with Gasteiger partial charge >= 0.3 is 0 Å². The first-order chi connectivity index (χ1) is 7.20. The maximum Gasteiger partial charge on any atom is 0.240 e. The number of carbonyl (C=O) groups excluding carboxylic acids is 2. The minimum absolute atomic E-state index is 0.247. The van der Waals surface area contributed by atoms with Crippen LogP contribution in [-0.2, 0) is 9.59 Å². The Balaban J connectivity index is 3.47. The van der Waals surface area contributed by atoms with E-state index in [9.17, 15) is 9.59 Å². The van der Waals surface area contributed by atoms with E-state index in [4.69, 9.17) is 11.5 Å². The van der Waals surface area contributed by atoms with Crippen LogP contribution in [-0.4, -0.2) is 12.2 Å². The summed E-state index contributed by atoms with van der Waals surface area (Å²) < 4.78 is 0. The molecule has 1 aromatic carbocycles. The summed E-state index contributed by atoms with van der Waals surface area (Å²) in [6, 6.07) is 4.62. The lowest BCUT2D eigenvalue weighted by molar-refractivity contribution is 0.565. The summed E-state index contributed by atoms with van der Waals surface area (Å²) in [6.45, 7) is 0. The van der Waals surface area contributed by atoms with Crippen LogP contribution < -0.4 is 11.5 Å². The van der Waals surface area contributed by atoms with Gasteiger partial charge in [-0.15, -0.1) is 0 Å². The first kappa shape index (κ1) is 11.0. The van der Waals surface area contributed by atoms with Gasteiger partial charge in [-0.3, -0.25) is 0 Å². The number of nitrogens with zero attached hydrogens (tertiary/aromatic N) is 2. The number of aliphatic imine (C=N–C) groups is 2. The van der Waals surface area contributed by atoms with Crippen LogP contribution in [0.5, 0.6) is 0 Å². The van der Waals surface area contributed by atoms with E-state index in [1.807, 2.05) is 0 Å². The van der Waals surface area contributed by atoms with Gasteiger partial charge in [-0.05, 0) is 12.1 Å². The van der Waals surface area contributed by atoms with Gasteiger partial charge in [-0.2, -0.15) is 9.98 Å². The molecule has 15 heavy (non-hydrogen) atoms. The second-order valence-corrected chi connectivity index (χ2v) is 2.64. The van der Waals surface area contributed by atoms with Gasteiger partial charge in [-0.1, -0.05) is 6.07 Å². The lowest BCUT2D eigenvalue weighted by Crippen LogP contribution is -2.20.